The molecule has 2 aliphatic carbocycles. The standard InChI is InChI=1S/C54H54N2OSi/c1-37-32-33-47-45(36-37)49-51(56(47)39-24-12-9-13-25-39)41-27-15-17-29-43(41)53(49)58(5,35-21-7-6-20-34-57-54(2,3)4)52-42-28-16-14-26-40(42)50-48(52)44-30-18-19-31-46(44)55(50)38-22-10-8-11-23-38/h8-19,22-33,36,52-53H,6-7,20-21,34-35H2,1-5H3. The summed E-state index contributed by atoms with van der Waals surface area (Å²) in [6, 6.07) is 58.7. The van der Waals surface area contributed by atoms with E-state index in [2.05, 4.69) is 195 Å². The van der Waals surface area contributed by atoms with Crippen LogP contribution in [-0.2, 0) is 4.74 Å². The van der Waals surface area contributed by atoms with E-state index in [0.717, 1.165) is 13.0 Å². The van der Waals surface area contributed by atoms with Crippen molar-refractivity contribution >= 4 is 29.9 Å². The van der Waals surface area contributed by atoms with E-state index in [1.54, 1.807) is 11.1 Å². The summed E-state index contributed by atoms with van der Waals surface area (Å²) in [6.07, 6.45) is 4.74. The molecule has 0 spiro atoms. The van der Waals surface area contributed by atoms with Gasteiger partial charge in [-0.05, 0) is 98.8 Å². The number of nitrogens with zero attached hydrogens (tertiary/aromatic N) is 2. The summed E-state index contributed by atoms with van der Waals surface area (Å²) in [5.74, 6) is 0. The first-order chi connectivity index (χ1) is 28.2. The van der Waals surface area contributed by atoms with Gasteiger partial charge in [-0.25, -0.2) is 0 Å². The van der Waals surface area contributed by atoms with Gasteiger partial charge in [0.05, 0.1) is 36.1 Å². The number of benzene rings is 6. The fraction of sp³-hybridized carbons (Fsp3) is 0.259. The van der Waals surface area contributed by atoms with E-state index in [-0.39, 0.29) is 5.60 Å². The van der Waals surface area contributed by atoms with Gasteiger partial charge in [0.2, 0.25) is 0 Å². The van der Waals surface area contributed by atoms with Gasteiger partial charge in [0.15, 0.2) is 0 Å². The van der Waals surface area contributed by atoms with Crippen molar-refractivity contribution < 1.29 is 4.74 Å². The molecular formula is C54H54N2OSi. The molecule has 58 heavy (non-hydrogen) atoms. The van der Waals surface area contributed by atoms with Crippen molar-refractivity contribution in [3.63, 3.8) is 0 Å². The zero-order valence-electron chi connectivity index (χ0n) is 34.6. The number of hydrogen-bond acceptors (Lipinski definition) is 1. The number of para-hydroxylation sites is 3. The quantitative estimate of drug-likeness (QED) is 0.0946. The fourth-order valence-electron chi connectivity index (χ4n) is 10.9. The lowest BCUT2D eigenvalue weighted by Gasteiger charge is -2.41. The first-order valence-electron chi connectivity index (χ1n) is 21.5. The average molecular weight is 775 g/mol. The van der Waals surface area contributed by atoms with Crippen LogP contribution in [0.4, 0.5) is 0 Å². The van der Waals surface area contributed by atoms with Crippen LogP contribution in [0.3, 0.4) is 0 Å². The highest BCUT2D eigenvalue weighted by atomic mass is 28.3. The molecule has 0 saturated carbocycles. The maximum Gasteiger partial charge on any atom is 0.0763 e. The van der Waals surface area contributed by atoms with Crippen molar-refractivity contribution in [2.45, 2.75) is 82.7 Å². The molecule has 0 aliphatic heterocycles. The molecule has 10 rings (SSSR count). The topological polar surface area (TPSA) is 19.1 Å². The lowest BCUT2D eigenvalue weighted by molar-refractivity contribution is -0.00471. The Morgan fingerprint density at radius 3 is 1.64 bits per heavy atom. The van der Waals surface area contributed by atoms with Crippen molar-refractivity contribution in [1.29, 1.82) is 0 Å². The van der Waals surface area contributed by atoms with Gasteiger partial charge in [0, 0.05) is 51.0 Å². The third-order valence-corrected chi connectivity index (χ3v) is 18.5. The molecule has 0 amide bonds. The third-order valence-electron chi connectivity index (χ3n) is 13.2. The van der Waals surface area contributed by atoms with Crippen LogP contribution >= 0.6 is 0 Å². The molecule has 0 N–H and O–H groups in total. The Morgan fingerprint density at radius 1 is 0.534 bits per heavy atom. The third kappa shape index (κ3) is 5.95. The van der Waals surface area contributed by atoms with Gasteiger partial charge in [-0.15, -0.1) is 0 Å². The van der Waals surface area contributed by atoms with Crippen LogP contribution in [0.5, 0.6) is 0 Å². The predicted molar refractivity (Wildman–Crippen MR) is 246 cm³/mol. The molecule has 4 heteroatoms. The molecule has 0 radical (unpaired) electrons. The molecule has 3 atom stereocenters. The van der Waals surface area contributed by atoms with Crippen LogP contribution in [0.15, 0.2) is 152 Å². The van der Waals surface area contributed by atoms with Gasteiger partial charge in [0.25, 0.3) is 0 Å². The number of fused-ring (bicyclic) bond motifs is 10. The van der Waals surface area contributed by atoms with Gasteiger partial charge in [0.1, 0.15) is 0 Å². The Balaban J connectivity index is 1.22. The van der Waals surface area contributed by atoms with Gasteiger partial charge < -0.3 is 13.9 Å². The summed E-state index contributed by atoms with van der Waals surface area (Å²) >= 11 is 0. The largest absolute Gasteiger partial charge is 0.376 e. The second-order valence-corrected chi connectivity index (χ2v) is 22.7. The summed E-state index contributed by atoms with van der Waals surface area (Å²) < 4.78 is 11.3. The number of ether oxygens (including phenoxy) is 1. The highest BCUT2D eigenvalue weighted by Crippen LogP contribution is 2.62. The van der Waals surface area contributed by atoms with Crippen molar-refractivity contribution in [3.05, 3.63) is 179 Å². The van der Waals surface area contributed by atoms with Crippen LogP contribution in [0.1, 0.15) is 85.4 Å². The van der Waals surface area contributed by atoms with Crippen molar-refractivity contribution in [2.75, 3.05) is 6.61 Å². The first kappa shape index (κ1) is 36.9. The molecule has 0 saturated heterocycles. The molecule has 2 heterocycles. The van der Waals surface area contributed by atoms with E-state index < -0.39 is 8.07 Å². The lowest BCUT2D eigenvalue weighted by atomic mass is 10.1. The van der Waals surface area contributed by atoms with Crippen molar-refractivity contribution in [3.8, 4) is 33.9 Å². The molecular weight excluding hydrogens is 721 g/mol. The fourth-order valence-corrected chi connectivity index (χ4v) is 16.7. The second kappa shape index (κ2) is 14.4. The van der Waals surface area contributed by atoms with Gasteiger partial charge >= 0.3 is 0 Å². The van der Waals surface area contributed by atoms with Crippen LogP contribution < -0.4 is 0 Å². The molecule has 2 aromatic heterocycles. The summed E-state index contributed by atoms with van der Waals surface area (Å²) in [7, 11) is -2.47. The Labute approximate surface area is 345 Å². The molecule has 6 aromatic carbocycles. The summed E-state index contributed by atoms with van der Waals surface area (Å²) in [5.41, 5.74) is 18.6. The van der Waals surface area contributed by atoms with E-state index in [1.807, 2.05) is 0 Å². The highest BCUT2D eigenvalue weighted by Gasteiger charge is 2.54. The molecule has 2 aliphatic rings. The maximum absolute atomic E-state index is 6.17. The Kier molecular flexibility index (Phi) is 9.19. The average Bonchev–Trinajstić information content (AvgIpc) is 3.96. The van der Waals surface area contributed by atoms with Crippen molar-refractivity contribution in [2.24, 2.45) is 0 Å². The van der Waals surface area contributed by atoms with Gasteiger partial charge in [-0.1, -0.05) is 147 Å². The summed E-state index contributed by atoms with van der Waals surface area (Å²) in [5, 5.41) is 2.81. The molecule has 8 aromatic rings. The normalized spacial score (nSPS) is 16.6. The second-order valence-electron chi connectivity index (χ2n) is 18.1. The Bertz CT molecular complexity index is 2790. The van der Waals surface area contributed by atoms with E-state index in [9.17, 15) is 0 Å². The molecule has 3 unspecified atom stereocenters. The van der Waals surface area contributed by atoms with Crippen LogP contribution in [0.25, 0.3) is 55.7 Å². The molecule has 290 valence electrons. The Hall–Kier alpha value is -5.42. The Morgan fingerprint density at radius 2 is 1.03 bits per heavy atom. The zero-order chi connectivity index (χ0) is 39.6. The predicted octanol–water partition coefficient (Wildman–Crippen LogP) is 14.3. The van der Waals surface area contributed by atoms with Crippen molar-refractivity contribution in [1.82, 2.24) is 9.13 Å². The first-order valence-corrected chi connectivity index (χ1v) is 24.3. The smallest absolute Gasteiger partial charge is 0.0763 e. The van der Waals surface area contributed by atoms with Crippen LogP contribution in [0.2, 0.25) is 12.6 Å². The van der Waals surface area contributed by atoms with E-state index in [4.69, 9.17) is 4.74 Å². The summed E-state index contributed by atoms with van der Waals surface area (Å²) in [4.78, 5) is 0. The number of unbranched alkanes of at least 4 members (excludes halogenated alkanes) is 3. The molecule has 0 bridgehead atoms. The molecule has 3 nitrogen and oxygen atoms in total. The number of aromatic nitrogens is 2. The highest BCUT2D eigenvalue weighted by molar-refractivity contribution is 6.83. The number of hydrogen-bond donors (Lipinski definition) is 0. The van der Waals surface area contributed by atoms with Gasteiger partial charge in [-0.2, -0.15) is 0 Å². The SMILES string of the molecule is Cc1ccc2c(c1)c1c(n2-c2ccccc2)-c2ccccc2C1[Si](C)(CCCCCCOC(C)(C)C)C1c2ccccc2-c2c1c1ccccc1n2-c1ccccc1. The minimum absolute atomic E-state index is 0.0944. The van der Waals surface area contributed by atoms with E-state index in [0.29, 0.717) is 11.1 Å². The molecule has 0 fully saturated rings. The lowest BCUT2D eigenvalue weighted by Crippen LogP contribution is -2.45. The minimum atomic E-state index is -2.47. The number of aryl methyl sites for hydroxylation is 1. The monoisotopic (exact) mass is 774 g/mol. The van der Waals surface area contributed by atoms with E-state index >= 15 is 0 Å². The summed E-state index contributed by atoms with van der Waals surface area (Å²) in [6.45, 7) is 12.4. The minimum Gasteiger partial charge on any atom is -0.376 e. The van der Waals surface area contributed by atoms with Gasteiger partial charge in [-0.3, -0.25) is 0 Å². The van der Waals surface area contributed by atoms with Crippen LogP contribution in [0, 0.1) is 6.92 Å². The van der Waals surface area contributed by atoms with Crippen LogP contribution in [-0.4, -0.2) is 29.4 Å². The van der Waals surface area contributed by atoms with E-state index in [1.165, 1.54) is 97.7 Å². The maximum atomic E-state index is 6.17. The number of rotatable bonds is 11. The zero-order valence-corrected chi connectivity index (χ0v) is 35.6.